The van der Waals surface area contributed by atoms with E-state index in [9.17, 15) is 5.11 Å². The van der Waals surface area contributed by atoms with Crippen molar-refractivity contribution in [3.8, 4) is 0 Å². The van der Waals surface area contributed by atoms with Gasteiger partial charge in [0.2, 0.25) is 0 Å². The van der Waals surface area contributed by atoms with Gasteiger partial charge in [0.25, 0.3) is 0 Å². The molecule has 1 N–H and O–H groups in total. The molecule has 2 saturated carbocycles. The standard InChI is InChI=1S/C13H24O/c1-11(2)5-8-13(14)10-9-12(13)6-3-4-7-12/h11,14H,3-10H2,1-2H3. The molecule has 2 rings (SSSR count). The molecule has 2 aliphatic rings. The van der Waals surface area contributed by atoms with E-state index in [2.05, 4.69) is 13.8 Å². The third-order valence-electron chi connectivity index (χ3n) is 4.70. The summed E-state index contributed by atoms with van der Waals surface area (Å²) in [4.78, 5) is 0. The van der Waals surface area contributed by atoms with Crippen molar-refractivity contribution in [1.82, 2.24) is 0 Å². The zero-order valence-electron chi connectivity index (χ0n) is 9.68. The van der Waals surface area contributed by atoms with Crippen molar-refractivity contribution in [3.63, 3.8) is 0 Å². The van der Waals surface area contributed by atoms with Crippen molar-refractivity contribution in [3.05, 3.63) is 0 Å². The van der Waals surface area contributed by atoms with Crippen LogP contribution in [0.25, 0.3) is 0 Å². The minimum absolute atomic E-state index is 0.270. The van der Waals surface area contributed by atoms with Crippen LogP contribution in [-0.2, 0) is 0 Å². The molecule has 0 aliphatic heterocycles. The summed E-state index contributed by atoms with van der Waals surface area (Å²) in [6.45, 7) is 4.51. The van der Waals surface area contributed by atoms with Gasteiger partial charge in [-0.25, -0.2) is 0 Å². The minimum Gasteiger partial charge on any atom is -0.389 e. The highest BCUT2D eigenvalue weighted by molar-refractivity contribution is 5.09. The molecule has 2 fully saturated rings. The van der Waals surface area contributed by atoms with Gasteiger partial charge in [-0.15, -0.1) is 0 Å². The molecule has 1 spiro atoms. The molecule has 2 aliphatic carbocycles. The van der Waals surface area contributed by atoms with E-state index in [0.717, 1.165) is 18.8 Å². The maximum absolute atomic E-state index is 10.6. The van der Waals surface area contributed by atoms with E-state index < -0.39 is 0 Å². The van der Waals surface area contributed by atoms with Crippen LogP contribution in [0.3, 0.4) is 0 Å². The van der Waals surface area contributed by atoms with E-state index in [-0.39, 0.29) is 5.60 Å². The fourth-order valence-electron chi connectivity index (χ4n) is 3.45. The predicted octanol–water partition coefficient (Wildman–Crippen LogP) is 3.51. The minimum atomic E-state index is -0.270. The van der Waals surface area contributed by atoms with Crippen LogP contribution < -0.4 is 0 Å². The smallest absolute Gasteiger partial charge is 0.0704 e. The molecule has 0 aromatic heterocycles. The average Bonchev–Trinajstić information content (AvgIpc) is 2.63. The van der Waals surface area contributed by atoms with Gasteiger partial charge < -0.3 is 5.11 Å². The lowest BCUT2D eigenvalue weighted by Crippen LogP contribution is -2.55. The zero-order valence-corrected chi connectivity index (χ0v) is 9.68. The summed E-state index contributed by atoms with van der Waals surface area (Å²) >= 11 is 0. The Morgan fingerprint density at radius 3 is 2.14 bits per heavy atom. The first kappa shape index (κ1) is 10.5. The number of hydrogen-bond acceptors (Lipinski definition) is 1. The fourth-order valence-corrected chi connectivity index (χ4v) is 3.45. The molecule has 0 radical (unpaired) electrons. The maximum atomic E-state index is 10.6. The highest BCUT2D eigenvalue weighted by atomic mass is 16.3. The molecule has 0 bridgehead atoms. The van der Waals surface area contributed by atoms with Gasteiger partial charge in [-0.3, -0.25) is 0 Å². The SMILES string of the molecule is CC(C)CCC1(O)CCC12CCCC2. The van der Waals surface area contributed by atoms with Crippen LogP contribution >= 0.6 is 0 Å². The molecule has 1 heteroatoms. The highest BCUT2D eigenvalue weighted by Crippen LogP contribution is 2.61. The van der Waals surface area contributed by atoms with Crippen molar-refractivity contribution >= 4 is 0 Å². The first-order valence-corrected chi connectivity index (χ1v) is 6.30. The third kappa shape index (κ3) is 1.50. The van der Waals surface area contributed by atoms with E-state index in [1.165, 1.54) is 38.5 Å². The van der Waals surface area contributed by atoms with Gasteiger partial charge in [-0.05, 0) is 49.9 Å². The first-order chi connectivity index (χ1) is 6.58. The summed E-state index contributed by atoms with van der Waals surface area (Å²) in [7, 11) is 0. The summed E-state index contributed by atoms with van der Waals surface area (Å²) in [5.74, 6) is 0.734. The predicted molar refractivity (Wildman–Crippen MR) is 59.2 cm³/mol. The summed E-state index contributed by atoms with van der Waals surface area (Å²) in [5, 5.41) is 10.6. The highest BCUT2D eigenvalue weighted by Gasteiger charge is 2.57. The van der Waals surface area contributed by atoms with Crippen LogP contribution in [0, 0.1) is 11.3 Å². The summed E-state index contributed by atoms with van der Waals surface area (Å²) in [6, 6.07) is 0. The monoisotopic (exact) mass is 196 g/mol. The van der Waals surface area contributed by atoms with Gasteiger partial charge in [0.1, 0.15) is 0 Å². The lowest BCUT2D eigenvalue weighted by Gasteiger charge is -2.55. The Morgan fingerprint density at radius 1 is 1.07 bits per heavy atom. The van der Waals surface area contributed by atoms with E-state index in [0.29, 0.717) is 5.41 Å². The van der Waals surface area contributed by atoms with Gasteiger partial charge in [0.15, 0.2) is 0 Å². The van der Waals surface area contributed by atoms with Gasteiger partial charge in [-0.1, -0.05) is 26.7 Å². The van der Waals surface area contributed by atoms with Crippen molar-refractivity contribution in [2.75, 3.05) is 0 Å². The lowest BCUT2D eigenvalue weighted by atomic mass is 9.54. The molecule has 0 aromatic rings. The van der Waals surface area contributed by atoms with Gasteiger partial charge >= 0.3 is 0 Å². The van der Waals surface area contributed by atoms with Gasteiger partial charge in [0, 0.05) is 0 Å². The molecule has 0 amide bonds. The second-order valence-corrected chi connectivity index (χ2v) is 5.95. The van der Waals surface area contributed by atoms with Crippen LogP contribution in [-0.4, -0.2) is 10.7 Å². The van der Waals surface area contributed by atoms with Crippen LogP contribution in [0.2, 0.25) is 0 Å². The van der Waals surface area contributed by atoms with E-state index in [1.807, 2.05) is 0 Å². The Kier molecular flexibility index (Phi) is 2.63. The zero-order chi connectivity index (χ0) is 10.2. The Morgan fingerprint density at radius 2 is 1.71 bits per heavy atom. The summed E-state index contributed by atoms with van der Waals surface area (Å²) in [5.41, 5.74) is 0.0929. The van der Waals surface area contributed by atoms with Crippen LogP contribution in [0.1, 0.15) is 65.2 Å². The van der Waals surface area contributed by atoms with Crippen molar-refractivity contribution in [2.45, 2.75) is 70.8 Å². The van der Waals surface area contributed by atoms with Gasteiger partial charge in [-0.2, -0.15) is 0 Å². The van der Waals surface area contributed by atoms with Crippen molar-refractivity contribution in [1.29, 1.82) is 0 Å². The van der Waals surface area contributed by atoms with E-state index >= 15 is 0 Å². The molecular formula is C13H24O. The quantitative estimate of drug-likeness (QED) is 0.732. The second kappa shape index (κ2) is 3.52. The molecule has 0 aromatic carbocycles. The molecule has 1 atom stereocenters. The van der Waals surface area contributed by atoms with Crippen molar-refractivity contribution < 1.29 is 5.11 Å². The van der Waals surface area contributed by atoms with Crippen LogP contribution in [0.4, 0.5) is 0 Å². The normalized spacial score (nSPS) is 35.1. The Balaban J connectivity index is 1.95. The van der Waals surface area contributed by atoms with E-state index in [4.69, 9.17) is 0 Å². The number of rotatable bonds is 3. The first-order valence-electron chi connectivity index (χ1n) is 6.30. The number of hydrogen-bond donors (Lipinski definition) is 1. The number of aliphatic hydroxyl groups is 1. The summed E-state index contributed by atoms with van der Waals surface area (Å²) in [6.07, 6.45) is 9.89. The lowest BCUT2D eigenvalue weighted by molar-refractivity contribution is -0.170. The maximum Gasteiger partial charge on any atom is 0.0704 e. The molecule has 0 heterocycles. The topological polar surface area (TPSA) is 20.2 Å². The molecule has 0 saturated heterocycles. The van der Waals surface area contributed by atoms with Gasteiger partial charge in [0.05, 0.1) is 5.60 Å². The third-order valence-corrected chi connectivity index (χ3v) is 4.70. The molecule has 1 nitrogen and oxygen atoms in total. The Bertz CT molecular complexity index is 203. The molecular weight excluding hydrogens is 172 g/mol. The summed E-state index contributed by atoms with van der Waals surface area (Å²) < 4.78 is 0. The Labute approximate surface area is 87.9 Å². The van der Waals surface area contributed by atoms with E-state index in [1.54, 1.807) is 0 Å². The average molecular weight is 196 g/mol. The Hall–Kier alpha value is -0.0400. The molecule has 82 valence electrons. The fraction of sp³-hybridized carbons (Fsp3) is 1.00. The van der Waals surface area contributed by atoms with Crippen LogP contribution in [0.15, 0.2) is 0 Å². The van der Waals surface area contributed by atoms with Crippen molar-refractivity contribution in [2.24, 2.45) is 11.3 Å². The van der Waals surface area contributed by atoms with Crippen LogP contribution in [0.5, 0.6) is 0 Å². The largest absolute Gasteiger partial charge is 0.389 e. The molecule has 14 heavy (non-hydrogen) atoms. The molecule has 1 unspecified atom stereocenters. The second-order valence-electron chi connectivity index (χ2n) is 5.95.